The number of hydrogen-bond acceptors (Lipinski definition) is 5. The molecule has 10 heteroatoms. The minimum absolute atomic E-state index is 0.0672. The van der Waals surface area contributed by atoms with Crippen molar-refractivity contribution < 1.29 is 22.7 Å². The topological polar surface area (TPSA) is 60.2 Å². The fourth-order valence-electron chi connectivity index (χ4n) is 2.67. The Morgan fingerprint density at radius 2 is 1.80 bits per heavy atom. The highest BCUT2D eigenvalue weighted by Crippen LogP contribution is 2.23. The van der Waals surface area contributed by atoms with E-state index < -0.39 is 6.61 Å². The molecule has 0 fully saturated rings. The molecule has 3 aromatic rings. The number of rotatable bonds is 8. The number of nitrogens with zero attached hydrogens (tertiary/aromatic N) is 4. The van der Waals surface area contributed by atoms with E-state index in [1.165, 1.54) is 40.9 Å². The number of amides is 1. The van der Waals surface area contributed by atoms with Crippen molar-refractivity contribution >= 4 is 17.7 Å². The van der Waals surface area contributed by atoms with Crippen molar-refractivity contribution in [3.8, 4) is 17.1 Å². The molecule has 0 saturated heterocycles. The van der Waals surface area contributed by atoms with Gasteiger partial charge in [-0.3, -0.25) is 4.79 Å². The van der Waals surface area contributed by atoms with E-state index in [2.05, 4.69) is 14.9 Å². The average molecular weight is 436 g/mol. The molecule has 2 aromatic carbocycles. The van der Waals surface area contributed by atoms with Gasteiger partial charge in [0.15, 0.2) is 11.0 Å². The van der Waals surface area contributed by atoms with Gasteiger partial charge in [-0.15, -0.1) is 10.2 Å². The molecule has 6 nitrogen and oxygen atoms in total. The zero-order valence-corrected chi connectivity index (χ0v) is 17.1. The van der Waals surface area contributed by atoms with Crippen LogP contribution >= 0.6 is 11.8 Å². The SMILES string of the molecule is CN(Cc1ccc(OC(F)F)cc1)C(=O)CSc1nnc(-c2ccc(F)cc2)n1C. The molecule has 30 heavy (non-hydrogen) atoms. The van der Waals surface area contributed by atoms with Gasteiger partial charge in [0, 0.05) is 26.2 Å². The van der Waals surface area contributed by atoms with Gasteiger partial charge in [-0.2, -0.15) is 8.78 Å². The lowest BCUT2D eigenvalue weighted by Gasteiger charge is -2.17. The molecular weight excluding hydrogens is 417 g/mol. The monoisotopic (exact) mass is 436 g/mol. The molecule has 1 aromatic heterocycles. The molecule has 0 spiro atoms. The van der Waals surface area contributed by atoms with Gasteiger partial charge in [0.05, 0.1) is 5.75 Å². The summed E-state index contributed by atoms with van der Waals surface area (Å²) >= 11 is 1.24. The van der Waals surface area contributed by atoms with Crippen molar-refractivity contribution in [1.82, 2.24) is 19.7 Å². The summed E-state index contributed by atoms with van der Waals surface area (Å²) in [6.07, 6.45) is 0. The summed E-state index contributed by atoms with van der Waals surface area (Å²) in [6.45, 7) is -2.55. The highest BCUT2D eigenvalue weighted by atomic mass is 32.2. The number of hydrogen-bond donors (Lipinski definition) is 0. The predicted octanol–water partition coefficient (Wildman–Crippen LogP) is 3.97. The fourth-order valence-corrected chi connectivity index (χ4v) is 3.52. The molecular formula is C20H19F3N4O2S. The van der Waals surface area contributed by atoms with Crippen molar-refractivity contribution in [3.63, 3.8) is 0 Å². The van der Waals surface area contributed by atoms with Crippen LogP contribution in [-0.4, -0.2) is 45.0 Å². The van der Waals surface area contributed by atoms with Gasteiger partial charge in [-0.25, -0.2) is 4.39 Å². The minimum Gasteiger partial charge on any atom is -0.435 e. The molecule has 0 unspecified atom stereocenters. The molecule has 1 heterocycles. The lowest BCUT2D eigenvalue weighted by molar-refractivity contribution is -0.127. The molecule has 0 radical (unpaired) electrons. The molecule has 0 bridgehead atoms. The van der Waals surface area contributed by atoms with Crippen LogP contribution < -0.4 is 4.74 Å². The molecule has 0 saturated carbocycles. The first kappa shape index (κ1) is 21.7. The third-order valence-electron chi connectivity index (χ3n) is 4.26. The van der Waals surface area contributed by atoms with Crippen molar-refractivity contribution in [2.45, 2.75) is 18.3 Å². The maximum Gasteiger partial charge on any atom is 0.387 e. The Morgan fingerprint density at radius 3 is 2.43 bits per heavy atom. The largest absolute Gasteiger partial charge is 0.435 e. The number of thioether (sulfide) groups is 1. The van der Waals surface area contributed by atoms with E-state index in [1.807, 2.05) is 0 Å². The Morgan fingerprint density at radius 1 is 1.13 bits per heavy atom. The molecule has 0 N–H and O–H groups in total. The predicted molar refractivity (Wildman–Crippen MR) is 107 cm³/mol. The summed E-state index contributed by atoms with van der Waals surface area (Å²) in [5, 5.41) is 8.77. The standard InChI is InChI=1S/C20H19F3N4O2S/c1-26(11-13-3-9-16(10-4-13)29-19(22)23)17(28)12-30-20-25-24-18(27(20)2)14-5-7-15(21)8-6-14/h3-10,19H,11-12H2,1-2H3. The number of carbonyl (C=O) groups excluding carboxylic acids is 1. The molecule has 0 aliphatic rings. The second-order valence-electron chi connectivity index (χ2n) is 6.43. The Kier molecular flexibility index (Phi) is 6.99. The van der Waals surface area contributed by atoms with Crippen LogP contribution in [0, 0.1) is 5.82 Å². The molecule has 158 valence electrons. The molecule has 0 atom stereocenters. The zero-order chi connectivity index (χ0) is 21.7. The van der Waals surface area contributed by atoms with Gasteiger partial charge in [0.2, 0.25) is 5.91 Å². The van der Waals surface area contributed by atoms with Crippen molar-refractivity contribution in [2.24, 2.45) is 7.05 Å². The van der Waals surface area contributed by atoms with Crippen LogP contribution in [0.5, 0.6) is 5.75 Å². The van der Waals surface area contributed by atoms with Gasteiger partial charge in [0.25, 0.3) is 0 Å². The van der Waals surface area contributed by atoms with E-state index in [-0.39, 0.29) is 23.2 Å². The Balaban J connectivity index is 1.55. The van der Waals surface area contributed by atoms with E-state index in [9.17, 15) is 18.0 Å². The van der Waals surface area contributed by atoms with E-state index in [0.29, 0.717) is 17.5 Å². The van der Waals surface area contributed by atoms with Gasteiger partial charge < -0.3 is 14.2 Å². The number of benzene rings is 2. The average Bonchev–Trinajstić information content (AvgIpc) is 3.08. The maximum atomic E-state index is 13.1. The third kappa shape index (κ3) is 5.53. The molecule has 0 aliphatic heterocycles. The van der Waals surface area contributed by atoms with Gasteiger partial charge in [0.1, 0.15) is 11.6 Å². The normalized spacial score (nSPS) is 11.0. The summed E-state index contributed by atoms with van der Waals surface area (Å²) in [5.41, 5.74) is 1.51. The van der Waals surface area contributed by atoms with E-state index in [4.69, 9.17) is 0 Å². The highest BCUT2D eigenvalue weighted by Gasteiger charge is 2.15. The zero-order valence-electron chi connectivity index (χ0n) is 16.3. The van der Waals surface area contributed by atoms with E-state index in [1.54, 1.807) is 42.9 Å². The van der Waals surface area contributed by atoms with Crippen molar-refractivity contribution in [3.05, 3.63) is 59.9 Å². The Hall–Kier alpha value is -3.01. The number of alkyl halides is 2. The summed E-state index contributed by atoms with van der Waals surface area (Å²) in [4.78, 5) is 14.0. The summed E-state index contributed by atoms with van der Waals surface area (Å²) < 4.78 is 43.5. The summed E-state index contributed by atoms with van der Waals surface area (Å²) in [6, 6.07) is 12.1. The number of ether oxygens (including phenoxy) is 1. The Bertz CT molecular complexity index is 994. The Labute approximate surface area is 175 Å². The first-order valence-corrected chi connectivity index (χ1v) is 9.88. The lowest BCUT2D eigenvalue weighted by Crippen LogP contribution is -2.27. The lowest BCUT2D eigenvalue weighted by atomic mass is 10.2. The smallest absolute Gasteiger partial charge is 0.387 e. The van der Waals surface area contributed by atoms with Gasteiger partial charge in [-0.05, 0) is 42.0 Å². The van der Waals surface area contributed by atoms with Crippen LogP contribution in [-0.2, 0) is 18.4 Å². The number of halogens is 3. The van der Waals surface area contributed by atoms with E-state index >= 15 is 0 Å². The van der Waals surface area contributed by atoms with Crippen LogP contribution in [0.2, 0.25) is 0 Å². The third-order valence-corrected chi connectivity index (χ3v) is 5.26. The van der Waals surface area contributed by atoms with Gasteiger partial charge >= 0.3 is 6.61 Å². The first-order valence-electron chi connectivity index (χ1n) is 8.89. The van der Waals surface area contributed by atoms with Crippen LogP contribution in [0.15, 0.2) is 53.7 Å². The van der Waals surface area contributed by atoms with E-state index in [0.717, 1.165) is 11.1 Å². The number of carbonyl (C=O) groups is 1. The molecule has 0 aliphatic carbocycles. The maximum absolute atomic E-state index is 13.1. The second-order valence-corrected chi connectivity index (χ2v) is 7.38. The molecule has 3 rings (SSSR count). The quantitative estimate of drug-likeness (QED) is 0.500. The minimum atomic E-state index is -2.87. The fraction of sp³-hybridized carbons (Fsp3) is 0.250. The number of aromatic nitrogens is 3. The van der Waals surface area contributed by atoms with Crippen LogP contribution in [0.3, 0.4) is 0 Å². The summed E-state index contributed by atoms with van der Waals surface area (Å²) in [7, 11) is 3.44. The van der Waals surface area contributed by atoms with Crippen LogP contribution in [0.25, 0.3) is 11.4 Å². The second kappa shape index (κ2) is 9.66. The first-order chi connectivity index (χ1) is 14.3. The van der Waals surface area contributed by atoms with Crippen molar-refractivity contribution in [2.75, 3.05) is 12.8 Å². The van der Waals surface area contributed by atoms with Crippen molar-refractivity contribution in [1.29, 1.82) is 0 Å². The van der Waals surface area contributed by atoms with Gasteiger partial charge in [-0.1, -0.05) is 23.9 Å². The molecule has 1 amide bonds. The van der Waals surface area contributed by atoms with Crippen LogP contribution in [0.4, 0.5) is 13.2 Å². The van der Waals surface area contributed by atoms with Crippen LogP contribution in [0.1, 0.15) is 5.56 Å². The highest BCUT2D eigenvalue weighted by molar-refractivity contribution is 7.99. The summed E-state index contributed by atoms with van der Waals surface area (Å²) in [5.74, 6) is 0.333.